The van der Waals surface area contributed by atoms with Crippen molar-refractivity contribution in [3.63, 3.8) is 0 Å². The van der Waals surface area contributed by atoms with E-state index in [1.54, 1.807) is 0 Å². The van der Waals surface area contributed by atoms with Crippen molar-refractivity contribution in [2.45, 2.75) is 52.2 Å². The molecule has 1 saturated heterocycles. The van der Waals surface area contributed by atoms with Gasteiger partial charge in [-0.05, 0) is 45.4 Å². The number of rotatable bonds is 4. The predicted molar refractivity (Wildman–Crippen MR) is 81.8 cm³/mol. The number of piperidine rings is 1. The summed E-state index contributed by atoms with van der Waals surface area (Å²) >= 11 is 0. The number of nitrogens with zero attached hydrogens (tertiary/aromatic N) is 5. The van der Waals surface area contributed by atoms with E-state index >= 15 is 0 Å². The van der Waals surface area contributed by atoms with Gasteiger partial charge in [-0.15, -0.1) is 0 Å². The molecule has 2 aromatic rings. The second-order valence-electron chi connectivity index (χ2n) is 5.83. The summed E-state index contributed by atoms with van der Waals surface area (Å²) in [4.78, 5) is 11.4. The van der Waals surface area contributed by atoms with Gasteiger partial charge in [-0.2, -0.15) is 5.10 Å². The van der Waals surface area contributed by atoms with Crippen LogP contribution in [0.3, 0.4) is 0 Å². The van der Waals surface area contributed by atoms with E-state index in [0.29, 0.717) is 6.04 Å². The molecule has 21 heavy (non-hydrogen) atoms. The molecule has 0 spiro atoms. The summed E-state index contributed by atoms with van der Waals surface area (Å²) in [5.41, 5.74) is 1.15. The average Bonchev–Trinajstić information content (AvgIpc) is 2.80. The Bertz CT molecular complexity index is 578. The van der Waals surface area contributed by atoms with Crippen molar-refractivity contribution in [2.75, 3.05) is 6.54 Å². The van der Waals surface area contributed by atoms with Gasteiger partial charge in [0, 0.05) is 18.8 Å². The van der Waals surface area contributed by atoms with Gasteiger partial charge in [-0.1, -0.05) is 12.5 Å². The number of hydrogen-bond acceptors (Lipinski definition) is 4. The minimum atomic E-state index is 0.528. The van der Waals surface area contributed by atoms with Crippen LogP contribution in [0.15, 0.2) is 24.4 Å². The first kappa shape index (κ1) is 14.2. The molecule has 112 valence electrons. The van der Waals surface area contributed by atoms with Crippen LogP contribution in [-0.2, 0) is 13.1 Å². The first-order valence-electron chi connectivity index (χ1n) is 7.74. The number of aryl methyl sites for hydroxylation is 2. The molecule has 3 rings (SSSR count). The maximum atomic E-state index is 4.51. The molecule has 0 N–H and O–H groups in total. The van der Waals surface area contributed by atoms with Gasteiger partial charge >= 0.3 is 0 Å². The SMILES string of the molecule is Cc1nc(C)n(C[C@H]2CCCCN2Cc2ccccn2)n1. The van der Waals surface area contributed by atoms with Gasteiger partial charge in [-0.3, -0.25) is 9.88 Å². The summed E-state index contributed by atoms with van der Waals surface area (Å²) in [6.07, 6.45) is 5.68. The van der Waals surface area contributed by atoms with Crippen LogP contribution in [0.4, 0.5) is 0 Å². The molecule has 1 aliphatic heterocycles. The van der Waals surface area contributed by atoms with Crippen molar-refractivity contribution in [1.29, 1.82) is 0 Å². The van der Waals surface area contributed by atoms with E-state index in [2.05, 4.69) is 36.8 Å². The Labute approximate surface area is 126 Å². The highest BCUT2D eigenvalue weighted by Gasteiger charge is 2.24. The van der Waals surface area contributed by atoms with Gasteiger partial charge in [0.25, 0.3) is 0 Å². The summed E-state index contributed by atoms with van der Waals surface area (Å²) in [7, 11) is 0. The fourth-order valence-electron chi connectivity index (χ4n) is 3.11. The summed E-state index contributed by atoms with van der Waals surface area (Å²) in [6, 6.07) is 6.67. The molecule has 3 heterocycles. The van der Waals surface area contributed by atoms with E-state index in [1.807, 2.05) is 26.1 Å². The lowest BCUT2D eigenvalue weighted by Gasteiger charge is -2.35. The minimum absolute atomic E-state index is 0.528. The molecule has 5 heteroatoms. The second-order valence-corrected chi connectivity index (χ2v) is 5.83. The number of aromatic nitrogens is 4. The molecule has 1 aliphatic rings. The van der Waals surface area contributed by atoms with E-state index in [0.717, 1.165) is 37.0 Å². The monoisotopic (exact) mass is 285 g/mol. The molecular weight excluding hydrogens is 262 g/mol. The Morgan fingerprint density at radius 2 is 2.14 bits per heavy atom. The van der Waals surface area contributed by atoms with Crippen molar-refractivity contribution in [3.8, 4) is 0 Å². The molecule has 5 nitrogen and oxygen atoms in total. The van der Waals surface area contributed by atoms with Gasteiger partial charge < -0.3 is 0 Å². The highest BCUT2D eigenvalue weighted by Crippen LogP contribution is 2.20. The maximum Gasteiger partial charge on any atom is 0.147 e. The van der Waals surface area contributed by atoms with Gasteiger partial charge in [-0.25, -0.2) is 9.67 Å². The van der Waals surface area contributed by atoms with Crippen molar-refractivity contribution >= 4 is 0 Å². The molecule has 0 aromatic carbocycles. The quantitative estimate of drug-likeness (QED) is 0.865. The molecule has 1 atom stereocenters. The summed E-state index contributed by atoms with van der Waals surface area (Å²) in [5.74, 6) is 1.87. The van der Waals surface area contributed by atoms with E-state index in [-0.39, 0.29) is 0 Å². The lowest BCUT2D eigenvalue weighted by molar-refractivity contribution is 0.119. The van der Waals surface area contributed by atoms with E-state index in [9.17, 15) is 0 Å². The largest absolute Gasteiger partial charge is 0.293 e. The Balaban J connectivity index is 1.71. The zero-order valence-electron chi connectivity index (χ0n) is 12.9. The Kier molecular flexibility index (Phi) is 4.29. The topological polar surface area (TPSA) is 46.8 Å². The predicted octanol–water partition coefficient (Wildman–Crippen LogP) is 2.34. The van der Waals surface area contributed by atoms with Gasteiger partial charge in [0.1, 0.15) is 11.6 Å². The molecule has 0 saturated carbocycles. The average molecular weight is 285 g/mol. The third kappa shape index (κ3) is 3.47. The Hall–Kier alpha value is -1.75. The fraction of sp³-hybridized carbons (Fsp3) is 0.562. The number of likely N-dealkylation sites (tertiary alicyclic amines) is 1. The maximum absolute atomic E-state index is 4.51. The van der Waals surface area contributed by atoms with Gasteiger partial charge in [0.05, 0.1) is 12.2 Å². The highest BCUT2D eigenvalue weighted by atomic mass is 15.4. The molecule has 0 unspecified atom stereocenters. The van der Waals surface area contributed by atoms with Crippen molar-refractivity contribution < 1.29 is 0 Å². The zero-order valence-corrected chi connectivity index (χ0v) is 12.9. The first-order chi connectivity index (χ1) is 10.2. The third-order valence-electron chi connectivity index (χ3n) is 4.19. The smallest absolute Gasteiger partial charge is 0.147 e. The molecular formula is C16H23N5. The lowest BCUT2D eigenvalue weighted by atomic mass is 10.0. The van der Waals surface area contributed by atoms with E-state index in [1.165, 1.54) is 19.3 Å². The summed E-state index contributed by atoms with van der Waals surface area (Å²) in [6.45, 7) is 6.99. The lowest BCUT2D eigenvalue weighted by Crippen LogP contribution is -2.42. The van der Waals surface area contributed by atoms with Crippen LogP contribution in [0.5, 0.6) is 0 Å². The highest BCUT2D eigenvalue weighted by molar-refractivity contribution is 5.04. The van der Waals surface area contributed by atoms with Crippen LogP contribution in [0.25, 0.3) is 0 Å². The van der Waals surface area contributed by atoms with Crippen molar-refractivity contribution in [3.05, 3.63) is 41.7 Å². The van der Waals surface area contributed by atoms with Crippen LogP contribution in [0.1, 0.15) is 36.6 Å². The van der Waals surface area contributed by atoms with Crippen LogP contribution in [0.2, 0.25) is 0 Å². The number of hydrogen-bond donors (Lipinski definition) is 0. The van der Waals surface area contributed by atoms with Gasteiger partial charge in [0.2, 0.25) is 0 Å². The molecule has 0 amide bonds. The third-order valence-corrected chi connectivity index (χ3v) is 4.19. The fourth-order valence-corrected chi connectivity index (χ4v) is 3.11. The standard InChI is InChI=1S/C16H23N5/c1-13-18-14(2)21(19-13)12-16-8-4-6-10-20(16)11-15-7-3-5-9-17-15/h3,5,7,9,16H,4,6,8,10-12H2,1-2H3/t16-/m1/s1. The summed E-state index contributed by atoms with van der Waals surface area (Å²) < 4.78 is 2.05. The molecule has 0 bridgehead atoms. The van der Waals surface area contributed by atoms with Crippen LogP contribution in [-0.4, -0.2) is 37.2 Å². The van der Waals surface area contributed by atoms with Crippen molar-refractivity contribution in [1.82, 2.24) is 24.6 Å². The normalized spacial score (nSPS) is 19.8. The number of pyridine rings is 1. The Morgan fingerprint density at radius 3 is 2.86 bits per heavy atom. The van der Waals surface area contributed by atoms with Gasteiger partial charge in [0.15, 0.2) is 0 Å². The second kappa shape index (κ2) is 6.35. The van der Waals surface area contributed by atoms with Crippen LogP contribution in [0, 0.1) is 13.8 Å². The zero-order chi connectivity index (χ0) is 14.7. The van der Waals surface area contributed by atoms with E-state index in [4.69, 9.17) is 0 Å². The molecule has 2 aromatic heterocycles. The summed E-state index contributed by atoms with van der Waals surface area (Å²) in [5, 5.41) is 4.51. The van der Waals surface area contributed by atoms with E-state index < -0.39 is 0 Å². The molecule has 0 radical (unpaired) electrons. The first-order valence-corrected chi connectivity index (χ1v) is 7.74. The van der Waals surface area contributed by atoms with Crippen LogP contribution < -0.4 is 0 Å². The minimum Gasteiger partial charge on any atom is -0.293 e. The van der Waals surface area contributed by atoms with Crippen molar-refractivity contribution in [2.24, 2.45) is 0 Å². The molecule has 0 aliphatic carbocycles. The van der Waals surface area contributed by atoms with Crippen LogP contribution >= 0.6 is 0 Å². The Morgan fingerprint density at radius 1 is 1.24 bits per heavy atom. The molecule has 1 fully saturated rings.